The SMILES string of the molecule is CSC1CCCc2ccccc2C1N. The van der Waals surface area contributed by atoms with Gasteiger partial charge in [0.25, 0.3) is 0 Å². The predicted octanol–water partition coefficient (Wildman–Crippen LogP) is 2.75. The molecule has 0 saturated heterocycles. The summed E-state index contributed by atoms with van der Waals surface area (Å²) in [5.74, 6) is 0. The Morgan fingerprint density at radius 1 is 1.36 bits per heavy atom. The molecule has 2 N–H and O–H groups in total. The highest BCUT2D eigenvalue weighted by Crippen LogP contribution is 2.32. The van der Waals surface area contributed by atoms with Crippen LogP contribution < -0.4 is 5.73 Å². The van der Waals surface area contributed by atoms with Crippen LogP contribution in [-0.4, -0.2) is 11.5 Å². The van der Waals surface area contributed by atoms with Crippen LogP contribution in [0.5, 0.6) is 0 Å². The second kappa shape index (κ2) is 4.37. The maximum Gasteiger partial charge on any atom is 0.0418 e. The Kier molecular flexibility index (Phi) is 3.14. The fourth-order valence-corrected chi connectivity index (χ4v) is 3.07. The molecule has 2 rings (SSSR count). The molecule has 2 heteroatoms. The molecular formula is C12H17NS. The van der Waals surface area contributed by atoms with Crippen LogP contribution in [-0.2, 0) is 6.42 Å². The Bertz CT molecular complexity index is 311. The van der Waals surface area contributed by atoms with E-state index in [1.54, 1.807) is 0 Å². The van der Waals surface area contributed by atoms with Crippen molar-refractivity contribution in [3.05, 3.63) is 35.4 Å². The van der Waals surface area contributed by atoms with E-state index in [2.05, 4.69) is 30.5 Å². The van der Waals surface area contributed by atoms with Crippen molar-refractivity contribution in [1.82, 2.24) is 0 Å². The third-order valence-electron chi connectivity index (χ3n) is 3.05. The number of aryl methyl sites for hydroxylation is 1. The van der Waals surface area contributed by atoms with E-state index in [4.69, 9.17) is 5.73 Å². The van der Waals surface area contributed by atoms with Crippen molar-refractivity contribution in [2.24, 2.45) is 5.73 Å². The first-order valence-corrected chi connectivity index (χ1v) is 6.48. The van der Waals surface area contributed by atoms with Crippen LogP contribution in [0, 0.1) is 0 Å². The number of thioether (sulfide) groups is 1. The first-order chi connectivity index (χ1) is 6.83. The lowest BCUT2D eigenvalue weighted by Gasteiger charge is -2.20. The first kappa shape index (κ1) is 10.1. The van der Waals surface area contributed by atoms with Crippen LogP contribution in [0.3, 0.4) is 0 Å². The van der Waals surface area contributed by atoms with E-state index in [1.165, 1.54) is 30.4 Å². The molecule has 0 bridgehead atoms. The summed E-state index contributed by atoms with van der Waals surface area (Å²) in [4.78, 5) is 0. The second-order valence-electron chi connectivity index (χ2n) is 3.89. The second-order valence-corrected chi connectivity index (χ2v) is 4.97. The summed E-state index contributed by atoms with van der Waals surface area (Å²) in [6, 6.07) is 8.85. The summed E-state index contributed by atoms with van der Waals surface area (Å²) >= 11 is 1.91. The highest BCUT2D eigenvalue weighted by Gasteiger charge is 2.23. The summed E-state index contributed by atoms with van der Waals surface area (Å²) in [7, 11) is 0. The van der Waals surface area contributed by atoms with E-state index in [0.29, 0.717) is 5.25 Å². The molecule has 0 radical (unpaired) electrons. The van der Waals surface area contributed by atoms with Crippen molar-refractivity contribution in [2.45, 2.75) is 30.6 Å². The average Bonchev–Trinajstić information content (AvgIpc) is 2.39. The zero-order valence-electron chi connectivity index (χ0n) is 8.57. The minimum Gasteiger partial charge on any atom is -0.323 e. The lowest BCUT2D eigenvalue weighted by Crippen LogP contribution is -2.22. The van der Waals surface area contributed by atoms with Gasteiger partial charge in [-0.25, -0.2) is 0 Å². The van der Waals surface area contributed by atoms with Crippen LogP contribution in [0.25, 0.3) is 0 Å². The molecule has 0 fully saturated rings. The molecule has 0 heterocycles. The fraction of sp³-hybridized carbons (Fsp3) is 0.500. The van der Waals surface area contributed by atoms with Crippen molar-refractivity contribution in [1.29, 1.82) is 0 Å². The highest BCUT2D eigenvalue weighted by molar-refractivity contribution is 7.99. The monoisotopic (exact) mass is 207 g/mol. The molecular weight excluding hydrogens is 190 g/mol. The van der Waals surface area contributed by atoms with Gasteiger partial charge in [0, 0.05) is 11.3 Å². The van der Waals surface area contributed by atoms with Crippen LogP contribution >= 0.6 is 11.8 Å². The van der Waals surface area contributed by atoms with E-state index in [9.17, 15) is 0 Å². The maximum absolute atomic E-state index is 6.28. The lowest BCUT2D eigenvalue weighted by atomic mass is 10.00. The third-order valence-corrected chi connectivity index (χ3v) is 4.19. The molecule has 1 aliphatic carbocycles. The summed E-state index contributed by atoms with van der Waals surface area (Å²) < 4.78 is 0. The Labute approximate surface area is 90.1 Å². The normalized spacial score (nSPS) is 26.7. The summed E-state index contributed by atoms with van der Waals surface area (Å²) in [5, 5.41) is 0.596. The predicted molar refractivity (Wildman–Crippen MR) is 63.6 cm³/mol. The summed E-state index contributed by atoms with van der Waals surface area (Å²) in [6.45, 7) is 0. The number of hydrogen-bond donors (Lipinski definition) is 1. The molecule has 0 aliphatic heterocycles. The summed E-state index contributed by atoms with van der Waals surface area (Å²) in [6.07, 6.45) is 5.88. The molecule has 0 aromatic heterocycles. The lowest BCUT2D eigenvalue weighted by molar-refractivity contribution is 0.633. The van der Waals surface area contributed by atoms with Gasteiger partial charge < -0.3 is 5.73 Å². The quantitative estimate of drug-likeness (QED) is 0.717. The Hall–Kier alpha value is -0.470. The molecule has 14 heavy (non-hydrogen) atoms. The van der Waals surface area contributed by atoms with Gasteiger partial charge in [-0.2, -0.15) is 11.8 Å². The van der Waals surface area contributed by atoms with E-state index in [0.717, 1.165) is 0 Å². The molecule has 1 aromatic rings. The van der Waals surface area contributed by atoms with Gasteiger partial charge in [-0.05, 0) is 36.6 Å². The van der Waals surface area contributed by atoms with Gasteiger partial charge in [0.2, 0.25) is 0 Å². The minimum atomic E-state index is 0.226. The Morgan fingerprint density at radius 2 is 2.14 bits per heavy atom. The molecule has 0 spiro atoms. The van der Waals surface area contributed by atoms with E-state index < -0.39 is 0 Å². The molecule has 0 amide bonds. The van der Waals surface area contributed by atoms with Crippen molar-refractivity contribution in [3.8, 4) is 0 Å². The van der Waals surface area contributed by atoms with Gasteiger partial charge in [0.1, 0.15) is 0 Å². The maximum atomic E-state index is 6.28. The van der Waals surface area contributed by atoms with Gasteiger partial charge in [-0.15, -0.1) is 0 Å². The smallest absolute Gasteiger partial charge is 0.0418 e. The van der Waals surface area contributed by atoms with Crippen LogP contribution in [0.2, 0.25) is 0 Å². The highest BCUT2D eigenvalue weighted by atomic mass is 32.2. The Morgan fingerprint density at radius 3 is 2.93 bits per heavy atom. The molecule has 2 atom stereocenters. The first-order valence-electron chi connectivity index (χ1n) is 5.19. The van der Waals surface area contributed by atoms with Crippen molar-refractivity contribution in [2.75, 3.05) is 6.26 Å². The number of benzene rings is 1. The van der Waals surface area contributed by atoms with Gasteiger partial charge in [0.05, 0.1) is 0 Å². The Balaban J connectivity index is 2.34. The molecule has 76 valence electrons. The topological polar surface area (TPSA) is 26.0 Å². The van der Waals surface area contributed by atoms with Crippen LogP contribution in [0.15, 0.2) is 24.3 Å². The molecule has 0 saturated carbocycles. The average molecular weight is 207 g/mol. The zero-order chi connectivity index (χ0) is 9.97. The molecule has 1 aromatic carbocycles. The standard InChI is InChI=1S/C12H17NS/c1-14-11-8-4-6-9-5-2-3-7-10(9)12(11)13/h2-3,5,7,11-12H,4,6,8,13H2,1H3. The molecule has 1 nitrogen and oxygen atoms in total. The minimum absolute atomic E-state index is 0.226. The van der Waals surface area contributed by atoms with E-state index in [-0.39, 0.29) is 6.04 Å². The van der Waals surface area contributed by atoms with Gasteiger partial charge in [-0.1, -0.05) is 24.3 Å². The van der Waals surface area contributed by atoms with Crippen molar-refractivity contribution >= 4 is 11.8 Å². The zero-order valence-corrected chi connectivity index (χ0v) is 9.39. The van der Waals surface area contributed by atoms with Crippen LogP contribution in [0.4, 0.5) is 0 Å². The third kappa shape index (κ3) is 1.82. The van der Waals surface area contributed by atoms with Crippen molar-refractivity contribution < 1.29 is 0 Å². The van der Waals surface area contributed by atoms with E-state index >= 15 is 0 Å². The number of rotatable bonds is 1. The van der Waals surface area contributed by atoms with Crippen LogP contribution in [0.1, 0.15) is 30.0 Å². The largest absolute Gasteiger partial charge is 0.323 e. The van der Waals surface area contributed by atoms with Gasteiger partial charge in [0.15, 0.2) is 0 Å². The number of fused-ring (bicyclic) bond motifs is 1. The molecule has 2 unspecified atom stereocenters. The van der Waals surface area contributed by atoms with Gasteiger partial charge >= 0.3 is 0 Å². The van der Waals surface area contributed by atoms with Crippen molar-refractivity contribution in [3.63, 3.8) is 0 Å². The number of nitrogens with two attached hydrogens (primary N) is 1. The number of hydrogen-bond acceptors (Lipinski definition) is 2. The fourth-order valence-electron chi connectivity index (χ4n) is 2.23. The molecule has 1 aliphatic rings. The van der Waals surface area contributed by atoms with E-state index in [1.807, 2.05) is 11.8 Å². The summed E-state index contributed by atoms with van der Waals surface area (Å²) in [5.41, 5.74) is 9.10. The van der Waals surface area contributed by atoms with Gasteiger partial charge in [-0.3, -0.25) is 0 Å².